The normalized spacial score (nSPS) is 14.5. The van der Waals surface area contributed by atoms with Crippen LogP contribution >= 0.6 is 11.8 Å². The Morgan fingerprint density at radius 2 is 1.97 bits per heavy atom. The molecule has 3 aromatic rings. The highest BCUT2D eigenvalue weighted by molar-refractivity contribution is 7.98. The van der Waals surface area contributed by atoms with Crippen molar-refractivity contribution in [1.29, 1.82) is 0 Å². The van der Waals surface area contributed by atoms with Crippen molar-refractivity contribution in [3.63, 3.8) is 0 Å². The fraction of sp³-hybridized carbons (Fsp3) is 0.346. The van der Waals surface area contributed by atoms with E-state index in [1.165, 1.54) is 11.8 Å². The molecular weight excluding hydrogens is 446 g/mol. The molecule has 0 fully saturated rings. The topological polar surface area (TPSA) is 70.6 Å². The number of carbonyl (C=O) groups is 1. The quantitative estimate of drug-likeness (QED) is 0.369. The van der Waals surface area contributed by atoms with Gasteiger partial charge >= 0.3 is 0 Å². The first-order valence-corrected chi connectivity index (χ1v) is 12.7. The van der Waals surface area contributed by atoms with Crippen LogP contribution in [0.4, 0.5) is 5.82 Å². The molecule has 34 heavy (non-hydrogen) atoms. The van der Waals surface area contributed by atoms with Crippen molar-refractivity contribution in [3.8, 4) is 5.75 Å². The molecule has 1 aromatic heterocycles. The zero-order valence-electron chi connectivity index (χ0n) is 19.9. The van der Waals surface area contributed by atoms with E-state index in [4.69, 9.17) is 4.74 Å². The second kappa shape index (κ2) is 11.4. The standard InChI is InChI=1S/C26H31N5O2S/c1-27-13-12-23(20-9-5-4-6-10-20)33-21-11-7-8-19(16-21)18-31-15-14-30(2)24-22(25(31)32)17-28-26(29-24)34-3/h4-11,16-17,23,27H,12-15,18H2,1-3H3. The minimum Gasteiger partial charge on any atom is -0.486 e. The summed E-state index contributed by atoms with van der Waals surface area (Å²) in [6.45, 7) is 2.68. The predicted molar refractivity (Wildman–Crippen MR) is 137 cm³/mol. The number of hydrogen-bond acceptors (Lipinski definition) is 7. The van der Waals surface area contributed by atoms with Crippen LogP contribution in [-0.2, 0) is 6.54 Å². The van der Waals surface area contributed by atoms with Gasteiger partial charge in [0.25, 0.3) is 5.91 Å². The number of aromatic nitrogens is 2. The lowest BCUT2D eigenvalue weighted by molar-refractivity contribution is 0.0754. The number of hydrogen-bond donors (Lipinski definition) is 1. The predicted octanol–water partition coefficient (Wildman–Crippen LogP) is 4.02. The minimum absolute atomic E-state index is 0.0468. The molecule has 1 unspecified atom stereocenters. The van der Waals surface area contributed by atoms with Gasteiger partial charge in [-0.2, -0.15) is 0 Å². The molecule has 0 radical (unpaired) electrons. The summed E-state index contributed by atoms with van der Waals surface area (Å²) in [6, 6.07) is 18.3. The maximum Gasteiger partial charge on any atom is 0.259 e. The Morgan fingerprint density at radius 1 is 1.15 bits per heavy atom. The lowest BCUT2D eigenvalue weighted by Crippen LogP contribution is -2.33. The highest BCUT2D eigenvalue weighted by Crippen LogP contribution is 2.27. The van der Waals surface area contributed by atoms with Gasteiger partial charge in [0.2, 0.25) is 0 Å². The first-order chi connectivity index (χ1) is 16.6. The van der Waals surface area contributed by atoms with E-state index in [9.17, 15) is 4.79 Å². The summed E-state index contributed by atoms with van der Waals surface area (Å²) in [5.74, 6) is 1.45. The van der Waals surface area contributed by atoms with Crippen LogP contribution in [0.25, 0.3) is 0 Å². The van der Waals surface area contributed by atoms with Gasteiger partial charge in [0.15, 0.2) is 5.16 Å². The fourth-order valence-corrected chi connectivity index (χ4v) is 4.37. The molecule has 1 aliphatic rings. The highest BCUT2D eigenvalue weighted by Gasteiger charge is 2.27. The molecule has 178 valence electrons. The molecule has 1 aliphatic heterocycles. The molecule has 2 heterocycles. The Hall–Kier alpha value is -3.10. The Labute approximate surface area is 205 Å². The first kappa shape index (κ1) is 24.0. The molecule has 0 aliphatic carbocycles. The molecule has 1 amide bonds. The number of benzene rings is 2. The second-order valence-corrected chi connectivity index (χ2v) is 9.07. The average Bonchev–Trinajstić information content (AvgIpc) is 2.99. The van der Waals surface area contributed by atoms with E-state index in [0.717, 1.165) is 29.8 Å². The third-order valence-electron chi connectivity index (χ3n) is 5.89. The van der Waals surface area contributed by atoms with Crippen molar-refractivity contribution in [2.75, 3.05) is 44.9 Å². The highest BCUT2D eigenvalue weighted by atomic mass is 32.2. The number of fused-ring (bicyclic) bond motifs is 1. The number of rotatable bonds is 9. The fourth-order valence-electron chi connectivity index (χ4n) is 4.04. The van der Waals surface area contributed by atoms with Crippen LogP contribution in [0.3, 0.4) is 0 Å². The van der Waals surface area contributed by atoms with Crippen LogP contribution in [0.2, 0.25) is 0 Å². The van der Waals surface area contributed by atoms with Crippen molar-refractivity contribution in [3.05, 3.63) is 77.5 Å². The van der Waals surface area contributed by atoms with Crippen molar-refractivity contribution < 1.29 is 9.53 Å². The van der Waals surface area contributed by atoms with E-state index in [1.54, 1.807) is 6.20 Å². The maximum atomic E-state index is 13.3. The number of carbonyl (C=O) groups excluding carboxylic acids is 1. The molecule has 0 saturated heterocycles. The summed E-state index contributed by atoms with van der Waals surface area (Å²) in [6.07, 6.45) is 4.39. The average molecular weight is 478 g/mol. The number of anilines is 1. The van der Waals surface area contributed by atoms with Crippen molar-refractivity contribution in [1.82, 2.24) is 20.2 Å². The van der Waals surface area contributed by atoms with Gasteiger partial charge in [-0.3, -0.25) is 4.79 Å². The summed E-state index contributed by atoms with van der Waals surface area (Å²) in [5.41, 5.74) is 2.72. The molecule has 1 atom stereocenters. The zero-order valence-corrected chi connectivity index (χ0v) is 20.7. The Balaban J connectivity index is 1.52. The van der Waals surface area contributed by atoms with Crippen LogP contribution < -0.4 is 15.0 Å². The third kappa shape index (κ3) is 5.69. The van der Waals surface area contributed by atoms with Gasteiger partial charge in [-0.25, -0.2) is 9.97 Å². The molecule has 7 nitrogen and oxygen atoms in total. The Kier molecular flexibility index (Phi) is 8.03. The number of ether oxygens (including phenoxy) is 1. The molecule has 4 rings (SSSR count). The van der Waals surface area contributed by atoms with Crippen LogP contribution in [0.15, 0.2) is 66.0 Å². The molecule has 0 bridgehead atoms. The first-order valence-electron chi connectivity index (χ1n) is 11.5. The van der Waals surface area contributed by atoms with E-state index in [1.807, 2.05) is 72.6 Å². The SMILES string of the molecule is CNCCC(Oc1cccc(CN2CCN(C)c3nc(SC)ncc3C2=O)c1)c1ccccc1. The van der Waals surface area contributed by atoms with Crippen LogP contribution in [0.1, 0.15) is 34.0 Å². The van der Waals surface area contributed by atoms with E-state index >= 15 is 0 Å². The second-order valence-electron chi connectivity index (χ2n) is 8.30. The Morgan fingerprint density at radius 3 is 2.74 bits per heavy atom. The summed E-state index contributed by atoms with van der Waals surface area (Å²) in [4.78, 5) is 26.1. The molecule has 8 heteroatoms. The van der Waals surface area contributed by atoms with E-state index < -0.39 is 0 Å². The molecule has 0 saturated carbocycles. The summed E-state index contributed by atoms with van der Waals surface area (Å²) in [7, 11) is 3.92. The largest absolute Gasteiger partial charge is 0.486 e. The van der Waals surface area contributed by atoms with E-state index in [-0.39, 0.29) is 12.0 Å². The number of amides is 1. The van der Waals surface area contributed by atoms with Crippen LogP contribution in [0, 0.1) is 0 Å². The third-order valence-corrected chi connectivity index (χ3v) is 6.45. The monoisotopic (exact) mass is 477 g/mol. The summed E-state index contributed by atoms with van der Waals surface area (Å²) >= 11 is 1.47. The van der Waals surface area contributed by atoms with Crippen LogP contribution in [0.5, 0.6) is 5.75 Å². The van der Waals surface area contributed by atoms with Gasteiger partial charge in [0, 0.05) is 39.3 Å². The van der Waals surface area contributed by atoms with Gasteiger partial charge in [-0.1, -0.05) is 54.2 Å². The van der Waals surface area contributed by atoms with Crippen molar-refractivity contribution >= 4 is 23.5 Å². The van der Waals surface area contributed by atoms with Crippen LogP contribution in [-0.4, -0.2) is 60.8 Å². The van der Waals surface area contributed by atoms with Crippen molar-refractivity contribution in [2.24, 2.45) is 0 Å². The lowest BCUT2D eigenvalue weighted by atomic mass is 10.1. The van der Waals surface area contributed by atoms with Gasteiger partial charge < -0.3 is 19.9 Å². The summed E-state index contributed by atoms with van der Waals surface area (Å²) < 4.78 is 6.41. The van der Waals surface area contributed by atoms with Gasteiger partial charge in [0.05, 0.1) is 0 Å². The number of nitrogens with zero attached hydrogens (tertiary/aromatic N) is 4. The summed E-state index contributed by atoms with van der Waals surface area (Å²) in [5, 5.41) is 3.88. The molecule has 1 N–H and O–H groups in total. The number of nitrogens with one attached hydrogen (secondary N) is 1. The van der Waals surface area contributed by atoms with Gasteiger partial charge in [0.1, 0.15) is 23.2 Å². The number of likely N-dealkylation sites (N-methyl/N-ethyl adjacent to an activating group) is 1. The van der Waals surface area contributed by atoms with E-state index in [2.05, 4.69) is 27.4 Å². The van der Waals surface area contributed by atoms with E-state index in [0.29, 0.717) is 36.2 Å². The van der Waals surface area contributed by atoms with Crippen molar-refractivity contribution in [2.45, 2.75) is 24.2 Å². The lowest BCUT2D eigenvalue weighted by Gasteiger charge is -2.23. The molecule has 2 aromatic carbocycles. The molecule has 0 spiro atoms. The minimum atomic E-state index is -0.0491. The smallest absolute Gasteiger partial charge is 0.259 e. The Bertz CT molecular complexity index is 1110. The zero-order chi connectivity index (χ0) is 23.9. The number of thioether (sulfide) groups is 1. The van der Waals surface area contributed by atoms with Gasteiger partial charge in [-0.15, -0.1) is 0 Å². The van der Waals surface area contributed by atoms with Gasteiger partial charge in [-0.05, 0) is 43.1 Å². The molecular formula is C26H31N5O2S. The maximum absolute atomic E-state index is 13.3.